The zero-order valence-corrected chi connectivity index (χ0v) is 15.0. The van der Waals surface area contributed by atoms with Gasteiger partial charge in [0.15, 0.2) is 5.15 Å². The van der Waals surface area contributed by atoms with Crippen LogP contribution in [0.25, 0.3) is 11.0 Å². The molecule has 0 radical (unpaired) electrons. The molecule has 1 aromatic heterocycles. The summed E-state index contributed by atoms with van der Waals surface area (Å²) in [6.07, 6.45) is 0. The van der Waals surface area contributed by atoms with E-state index in [1.54, 1.807) is 25.1 Å². The third-order valence-electron chi connectivity index (χ3n) is 3.59. The van der Waals surface area contributed by atoms with E-state index in [1.807, 2.05) is 0 Å². The summed E-state index contributed by atoms with van der Waals surface area (Å²) >= 11 is 5.93. The van der Waals surface area contributed by atoms with Crippen molar-refractivity contribution in [3.05, 3.63) is 52.8 Å². The number of benzene rings is 2. The first-order chi connectivity index (χ1) is 12.1. The maximum Gasteiger partial charge on any atom is 0.296 e. The van der Waals surface area contributed by atoms with Gasteiger partial charge in [0.25, 0.3) is 16.0 Å². The van der Waals surface area contributed by atoms with Crippen molar-refractivity contribution in [2.24, 2.45) is 0 Å². The molecule has 3 rings (SSSR count). The number of nitrogens with two attached hydrogens (primary N) is 1. The summed E-state index contributed by atoms with van der Waals surface area (Å²) in [6.45, 7) is 1.71. The van der Waals surface area contributed by atoms with E-state index in [4.69, 9.17) is 21.9 Å². The summed E-state index contributed by atoms with van der Waals surface area (Å²) in [5.41, 5.74) is 7.64. The van der Waals surface area contributed by atoms with Crippen LogP contribution >= 0.6 is 11.6 Å². The summed E-state index contributed by atoms with van der Waals surface area (Å²) in [4.78, 5) is 20.4. The Kier molecular flexibility index (Phi) is 4.53. The molecule has 1 amide bonds. The van der Waals surface area contributed by atoms with Crippen molar-refractivity contribution >= 4 is 50.0 Å². The Bertz CT molecular complexity index is 1150. The molecule has 10 heteroatoms. The second kappa shape index (κ2) is 6.52. The van der Waals surface area contributed by atoms with E-state index in [-0.39, 0.29) is 11.4 Å². The van der Waals surface area contributed by atoms with Gasteiger partial charge < -0.3 is 11.1 Å². The first-order valence-corrected chi connectivity index (χ1v) is 9.09. The number of carbonyl (C=O) groups is 1. The van der Waals surface area contributed by atoms with Gasteiger partial charge in [-0.15, -0.1) is 0 Å². The number of halogens is 1. The molecule has 26 heavy (non-hydrogen) atoms. The number of aryl methyl sites for hydroxylation is 1. The van der Waals surface area contributed by atoms with Crippen molar-refractivity contribution in [3.8, 4) is 0 Å². The van der Waals surface area contributed by atoms with Crippen LogP contribution in [0.1, 0.15) is 16.1 Å². The van der Waals surface area contributed by atoms with E-state index in [2.05, 4.69) is 15.3 Å². The lowest BCUT2D eigenvalue weighted by atomic mass is 10.1. The maximum absolute atomic E-state index is 12.4. The summed E-state index contributed by atoms with van der Waals surface area (Å²) in [5.74, 6) is -0.444. The Morgan fingerprint density at radius 2 is 1.88 bits per heavy atom. The molecule has 0 spiro atoms. The zero-order valence-electron chi connectivity index (χ0n) is 13.4. The Balaban J connectivity index is 1.89. The molecule has 1 heterocycles. The molecule has 0 bridgehead atoms. The number of carbonyl (C=O) groups excluding carboxylic acids is 1. The van der Waals surface area contributed by atoms with Gasteiger partial charge in [-0.2, -0.15) is 8.42 Å². The van der Waals surface area contributed by atoms with Crippen LogP contribution in [0, 0.1) is 6.92 Å². The molecule has 4 N–H and O–H groups in total. The van der Waals surface area contributed by atoms with Gasteiger partial charge in [0, 0.05) is 11.3 Å². The topological polar surface area (TPSA) is 135 Å². The molecule has 0 aliphatic rings. The number of aromatic nitrogens is 2. The predicted octanol–water partition coefficient (Wildman–Crippen LogP) is 2.67. The third-order valence-corrected chi connectivity index (χ3v) is 4.87. The average Bonchev–Trinajstić information content (AvgIpc) is 2.54. The van der Waals surface area contributed by atoms with Crippen LogP contribution in [0.4, 0.5) is 11.4 Å². The number of fused-ring (bicyclic) bond motifs is 1. The Labute approximate surface area is 153 Å². The number of rotatable bonds is 3. The van der Waals surface area contributed by atoms with Crippen LogP contribution in [0.15, 0.2) is 41.3 Å². The molecule has 0 atom stereocenters. The monoisotopic (exact) mass is 392 g/mol. The van der Waals surface area contributed by atoms with E-state index in [0.29, 0.717) is 27.4 Å². The molecule has 2 aromatic carbocycles. The fraction of sp³-hybridized carbons (Fsp3) is 0.0625. The van der Waals surface area contributed by atoms with Crippen molar-refractivity contribution in [1.82, 2.24) is 9.97 Å². The van der Waals surface area contributed by atoms with Crippen LogP contribution in [-0.2, 0) is 10.1 Å². The van der Waals surface area contributed by atoms with Gasteiger partial charge in [-0.05, 0) is 43.3 Å². The lowest BCUT2D eigenvalue weighted by Gasteiger charge is -2.09. The van der Waals surface area contributed by atoms with E-state index in [9.17, 15) is 13.2 Å². The van der Waals surface area contributed by atoms with Crippen LogP contribution in [-0.4, -0.2) is 28.8 Å². The maximum atomic E-state index is 12.4. The van der Waals surface area contributed by atoms with Crippen LogP contribution in [0.5, 0.6) is 0 Å². The van der Waals surface area contributed by atoms with Crippen molar-refractivity contribution in [1.29, 1.82) is 0 Å². The minimum absolute atomic E-state index is 0.181. The summed E-state index contributed by atoms with van der Waals surface area (Å²) < 4.78 is 31.3. The average molecular weight is 393 g/mol. The van der Waals surface area contributed by atoms with E-state index in [0.717, 1.165) is 6.07 Å². The molecule has 0 unspecified atom stereocenters. The Hall–Kier alpha value is -2.75. The highest BCUT2D eigenvalue weighted by Gasteiger charge is 2.15. The van der Waals surface area contributed by atoms with Crippen LogP contribution < -0.4 is 11.1 Å². The van der Waals surface area contributed by atoms with Crippen molar-refractivity contribution in [3.63, 3.8) is 0 Å². The molecule has 0 aliphatic carbocycles. The predicted molar refractivity (Wildman–Crippen MR) is 97.9 cm³/mol. The molecule has 0 saturated carbocycles. The molecule has 3 aromatic rings. The Morgan fingerprint density at radius 1 is 1.15 bits per heavy atom. The quantitative estimate of drug-likeness (QED) is 0.460. The number of nitrogens with zero attached hydrogens (tertiary/aromatic N) is 2. The van der Waals surface area contributed by atoms with Crippen molar-refractivity contribution in [2.45, 2.75) is 11.8 Å². The second-order valence-corrected chi connectivity index (χ2v) is 7.23. The van der Waals surface area contributed by atoms with Gasteiger partial charge in [0.1, 0.15) is 4.90 Å². The SMILES string of the molecule is Cc1nc2cc(C(=O)Nc3ccc(S(=O)(=O)O)c(N)c3)ccc2nc1Cl. The number of nitrogens with one attached hydrogen (secondary N) is 1. The third kappa shape index (κ3) is 3.59. The number of hydrogen-bond acceptors (Lipinski definition) is 6. The molecule has 0 fully saturated rings. The largest absolute Gasteiger partial charge is 0.398 e. The zero-order chi connectivity index (χ0) is 19.1. The standard InChI is InChI=1S/C16H13ClN4O4S/c1-8-15(17)21-12-4-2-9(6-13(12)19-8)16(22)20-10-3-5-14(11(18)7-10)26(23,24)25/h2-7H,18H2,1H3,(H,20,22)(H,23,24,25). The van der Waals surface area contributed by atoms with E-state index in [1.165, 1.54) is 12.1 Å². The first-order valence-electron chi connectivity index (χ1n) is 7.27. The molecule has 0 saturated heterocycles. The highest BCUT2D eigenvalue weighted by Crippen LogP contribution is 2.23. The van der Waals surface area contributed by atoms with E-state index >= 15 is 0 Å². The minimum atomic E-state index is -4.43. The van der Waals surface area contributed by atoms with Gasteiger partial charge in [-0.25, -0.2) is 9.97 Å². The van der Waals surface area contributed by atoms with Crippen LogP contribution in [0.2, 0.25) is 5.15 Å². The molecule has 8 nitrogen and oxygen atoms in total. The molecular weight excluding hydrogens is 380 g/mol. The Morgan fingerprint density at radius 3 is 2.54 bits per heavy atom. The van der Waals surface area contributed by atoms with Gasteiger partial charge in [0.05, 0.1) is 22.4 Å². The van der Waals surface area contributed by atoms with Crippen LogP contribution in [0.3, 0.4) is 0 Å². The van der Waals surface area contributed by atoms with E-state index < -0.39 is 20.9 Å². The number of anilines is 2. The fourth-order valence-electron chi connectivity index (χ4n) is 2.33. The van der Waals surface area contributed by atoms with Crippen molar-refractivity contribution in [2.75, 3.05) is 11.1 Å². The molecule has 0 aliphatic heterocycles. The second-order valence-electron chi connectivity index (χ2n) is 5.49. The van der Waals surface area contributed by atoms with Gasteiger partial charge in [-0.3, -0.25) is 9.35 Å². The van der Waals surface area contributed by atoms with Gasteiger partial charge >= 0.3 is 0 Å². The van der Waals surface area contributed by atoms with Gasteiger partial charge in [0.2, 0.25) is 0 Å². The molecular formula is C16H13ClN4O4S. The number of nitrogen functional groups attached to an aromatic ring is 1. The number of hydrogen-bond donors (Lipinski definition) is 3. The highest BCUT2D eigenvalue weighted by atomic mass is 35.5. The van der Waals surface area contributed by atoms with Gasteiger partial charge in [-0.1, -0.05) is 11.6 Å². The summed E-state index contributed by atoms with van der Waals surface area (Å²) in [7, 11) is -4.43. The lowest BCUT2D eigenvalue weighted by molar-refractivity contribution is 0.102. The van der Waals surface area contributed by atoms with Crippen molar-refractivity contribution < 1.29 is 17.8 Å². The lowest BCUT2D eigenvalue weighted by Crippen LogP contribution is -2.13. The number of amides is 1. The molecule has 134 valence electrons. The fourth-order valence-corrected chi connectivity index (χ4v) is 3.06. The smallest absolute Gasteiger partial charge is 0.296 e. The first kappa shape index (κ1) is 18.1. The highest BCUT2D eigenvalue weighted by molar-refractivity contribution is 7.86. The summed E-state index contributed by atoms with van der Waals surface area (Å²) in [5, 5.41) is 2.89. The summed E-state index contributed by atoms with van der Waals surface area (Å²) in [6, 6.07) is 8.43. The normalized spacial score (nSPS) is 11.5. The minimum Gasteiger partial charge on any atom is -0.398 e.